The van der Waals surface area contributed by atoms with E-state index in [9.17, 15) is 9.59 Å². The van der Waals surface area contributed by atoms with Crippen molar-refractivity contribution in [3.8, 4) is 0 Å². The van der Waals surface area contributed by atoms with Crippen molar-refractivity contribution in [2.75, 3.05) is 0 Å². The smallest absolute Gasteiger partial charge is 0.287 e. The van der Waals surface area contributed by atoms with Crippen LogP contribution in [0.4, 0.5) is 0 Å². The molecule has 0 heterocycles. The molecule has 0 atom stereocenters. The Kier molecular flexibility index (Phi) is 13.5. The summed E-state index contributed by atoms with van der Waals surface area (Å²) in [6.45, 7) is 5.33. The first-order valence-electron chi connectivity index (χ1n) is 11.2. The summed E-state index contributed by atoms with van der Waals surface area (Å²) in [5.41, 5.74) is 4.68. The molecule has 0 unspecified atom stereocenters. The minimum atomic E-state index is 0. The Hall–Kier alpha value is -1.26. The number of hydrogen-bond acceptors (Lipinski definition) is 4. The number of allylic oxidation sites excluding steroid dienone is 1. The fourth-order valence-corrected chi connectivity index (χ4v) is 4.86. The molecule has 35 heavy (non-hydrogen) atoms. The second-order valence-corrected chi connectivity index (χ2v) is 10.1. The quantitative estimate of drug-likeness (QED) is 0.279. The summed E-state index contributed by atoms with van der Waals surface area (Å²) >= 11 is 2.49. The second kappa shape index (κ2) is 15.8. The Bertz CT molecular complexity index is 901. The number of thioether (sulfide) groups is 2. The minimum absolute atomic E-state index is 0. The normalized spacial score (nSPS) is 15.1. The molecular formula is C30H28FeO2S2+2. The Morgan fingerprint density at radius 1 is 0.629 bits per heavy atom. The Balaban J connectivity index is 0.000000640. The first-order valence-corrected chi connectivity index (χ1v) is 12.8. The molecule has 4 rings (SSSR count). The SMILES string of the molecule is CCC([C]1[CH][CH][CH][CH]1)=C(c1ccc(SC(C)=O)cc1)c1ccc(SC(C)=O)cc1.[CH]1[CH][CH][CH][CH]1.[Fe+2]. The van der Waals surface area contributed by atoms with Crippen molar-refractivity contribution in [3.05, 3.63) is 129 Å². The molecule has 0 amide bonds. The van der Waals surface area contributed by atoms with E-state index in [1.54, 1.807) is 13.8 Å². The van der Waals surface area contributed by atoms with Gasteiger partial charge < -0.3 is 0 Å². The van der Waals surface area contributed by atoms with Crippen molar-refractivity contribution in [1.29, 1.82) is 0 Å². The Morgan fingerprint density at radius 3 is 1.31 bits per heavy atom. The Morgan fingerprint density at radius 2 is 1.00 bits per heavy atom. The first kappa shape index (κ1) is 30.0. The molecule has 2 aromatic carbocycles. The van der Waals surface area contributed by atoms with Crippen LogP contribution in [0.3, 0.4) is 0 Å². The molecule has 2 nitrogen and oxygen atoms in total. The van der Waals surface area contributed by atoms with Gasteiger partial charge in [-0.3, -0.25) is 9.59 Å². The summed E-state index contributed by atoms with van der Waals surface area (Å²) in [5.74, 6) is 1.21. The van der Waals surface area contributed by atoms with E-state index in [0.717, 1.165) is 27.3 Å². The Labute approximate surface area is 231 Å². The van der Waals surface area contributed by atoms with Crippen molar-refractivity contribution >= 4 is 39.3 Å². The topological polar surface area (TPSA) is 34.1 Å². The van der Waals surface area contributed by atoms with Crippen molar-refractivity contribution in [2.24, 2.45) is 0 Å². The predicted molar refractivity (Wildman–Crippen MR) is 144 cm³/mol. The van der Waals surface area contributed by atoms with Gasteiger partial charge in [0.15, 0.2) is 10.2 Å². The summed E-state index contributed by atoms with van der Waals surface area (Å²) in [7, 11) is 0. The van der Waals surface area contributed by atoms with Crippen LogP contribution in [0.25, 0.3) is 5.57 Å². The molecule has 2 fully saturated rings. The summed E-state index contributed by atoms with van der Waals surface area (Å²) in [5, 5.41) is 0.163. The van der Waals surface area contributed by atoms with E-state index in [1.807, 2.05) is 56.4 Å². The zero-order chi connectivity index (χ0) is 24.3. The average molecular weight is 541 g/mol. The number of hydrogen-bond donors (Lipinski definition) is 0. The van der Waals surface area contributed by atoms with Crippen molar-refractivity contribution in [3.63, 3.8) is 0 Å². The number of rotatable bonds is 6. The van der Waals surface area contributed by atoms with Crippen LogP contribution in [0.1, 0.15) is 38.3 Å². The van der Waals surface area contributed by atoms with Gasteiger partial charge in [0.2, 0.25) is 0 Å². The van der Waals surface area contributed by atoms with Gasteiger partial charge in [-0.1, -0.05) is 60.3 Å². The van der Waals surface area contributed by atoms with E-state index in [-0.39, 0.29) is 27.3 Å². The third kappa shape index (κ3) is 9.61. The number of carbonyl (C=O) groups excluding carboxylic acids is 2. The molecule has 2 aliphatic carbocycles. The first-order chi connectivity index (χ1) is 16.5. The largest absolute Gasteiger partial charge is 2.00 e. The molecule has 2 saturated carbocycles. The molecule has 0 spiro atoms. The number of carbonyl (C=O) groups is 2. The molecule has 2 aliphatic rings. The molecule has 0 aliphatic heterocycles. The summed E-state index contributed by atoms with van der Waals surface area (Å²) < 4.78 is 0. The zero-order valence-corrected chi connectivity index (χ0v) is 22.7. The van der Waals surface area contributed by atoms with Crippen LogP contribution < -0.4 is 0 Å². The van der Waals surface area contributed by atoms with Crippen LogP contribution in [0.5, 0.6) is 0 Å². The van der Waals surface area contributed by atoms with Gasteiger partial charge in [-0.05, 0) is 105 Å². The maximum absolute atomic E-state index is 11.4. The van der Waals surface area contributed by atoms with Gasteiger partial charge in [-0.15, -0.1) is 0 Å². The summed E-state index contributed by atoms with van der Waals surface area (Å²) in [6.07, 6.45) is 19.3. The van der Waals surface area contributed by atoms with Crippen molar-refractivity contribution < 1.29 is 26.7 Å². The predicted octanol–water partition coefficient (Wildman–Crippen LogP) is 7.60. The third-order valence-electron chi connectivity index (χ3n) is 5.03. The molecule has 10 radical (unpaired) electrons. The van der Waals surface area contributed by atoms with E-state index in [1.165, 1.54) is 40.6 Å². The molecule has 0 bridgehead atoms. The fraction of sp³-hybridized carbons (Fsp3) is 0.133. The van der Waals surface area contributed by atoms with Crippen LogP contribution in [-0.2, 0) is 26.7 Å². The zero-order valence-electron chi connectivity index (χ0n) is 20.0. The van der Waals surface area contributed by atoms with E-state index in [4.69, 9.17) is 0 Å². The van der Waals surface area contributed by atoms with Gasteiger partial charge in [0.25, 0.3) is 0 Å². The average Bonchev–Trinajstić information content (AvgIpc) is 3.55. The van der Waals surface area contributed by atoms with Crippen LogP contribution in [-0.4, -0.2) is 10.2 Å². The fourth-order valence-electron chi connectivity index (χ4n) is 3.65. The van der Waals surface area contributed by atoms with E-state index < -0.39 is 0 Å². The molecular weight excluding hydrogens is 512 g/mol. The molecule has 0 saturated heterocycles. The van der Waals surface area contributed by atoms with E-state index in [2.05, 4.69) is 56.9 Å². The molecule has 2 aromatic rings. The van der Waals surface area contributed by atoms with E-state index in [0.29, 0.717) is 0 Å². The maximum atomic E-state index is 11.4. The van der Waals surface area contributed by atoms with Gasteiger partial charge in [-0.2, -0.15) is 0 Å². The second-order valence-electron chi connectivity index (χ2n) is 7.58. The molecule has 0 aromatic heterocycles. The number of benzene rings is 2. The third-order valence-corrected chi connectivity index (χ3v) is 6.62. The van der Waals surface area contributed by atoms with Crippen molar-refractivity contribution in [1.82, 2.24) is 0 Å². The van der Waals surface area contributed by atoms with Crippen molar-refractivity contribution in [2.45, 2.75) is 37.0 Å². The van der Waals surface area contributed by atoms with Gasteiger partial charge in [0, 0.05) is 29.6 Å². The van der Waals surface area contributed by atoms with Gasteiger partial charge in [0.05, 0.1) is 0 Å². The van der Waals surface area contributed by atoms with Crippen LogP contribution >= 0.6 is 23.5 Å². The van der Waals surface area contributed by atoms with E-state index >= 15 is 0 Å². The monoisotopic (exact) mass is 540 g/mol. The van der Waals surface area contributed by atoms with Gasteiger partial charge in [0.1, 0.15) is 0 Å². The van der Waals surface area contributed by atoms with Gasteiger partial charge >= 0.3 is 17.1 Å². The van der Waals surface area contributed by atoms with Crippen LogP contribution in [0.2, 0.25) is 0 Å². The molecule has 5 heteroatoms. The molecule has 178 valence electrons. The summed E-state index contributed by atoms with van der Waals surface area (Å²) in [4.78, 5) is 24.7. The maximum Gasteiger partial charge on any atom is 2.00 e. The molecule has 0 N–H and O–H groups in total. The van der Waals surface area contributed by atoms with Crippen LogP contribution in [0, 0.1) is 63.7 Å². The minimum Gasteiger partial charge on any atom is -0.287 e. The standard InChI is InChI=1S/C25H23O2S2.C5H5.Fe/c1-4-24(19-7-5-6-8-19)25(20-9-13-22(14-10-20)28-17(2)26)21-11-15-23(16-12-21)29-18(3)27;1-2-4-5-3-1;/h5-16H,4H2,1-3H3;1-5H;/q;;+2. The van der Waals surface area contributed by atoms with Crippen LogP contribution in [0.15, 0.2) is 63.9 Å². The summed E-state index contributed by atoms with van der Waals surface area (Å²) in [6, 6.07) is 16.3. The van der Waals surface area contributed by atoms with Gasteiger partial charge in [-0.25, -0.2) is 0 Å².